The summed E-state index contributed by atoms with van der Waals surface area (Å²) in [7, 11) is 0. The predicted molar refractivity (Wildman–Crippen MR) is 77.8 cm³/mol. The van der Waals surface area contributed by atoms with E-state index in [1.165, 1.54) is 0 Å². The fourth-order valence-corrected chi connectivity index (χ4v) is 2.74. The van der Waals surface area contributed by atoms with Crippen LogP contribution in [0.4, 0.5) is 26.3 Å². The van der Waals surface area contributed by atoms with Crippen molar-refractivity contribution in [1.82, 2.24) is 4.90 Å². The van der Waals surface area contributed by atoms with Gasteiger partial charge in [0.2, 0.25) is 5.91 Å². The Labute approximate surface area is 163 Å². The van der Waals surface area contributed by atoms with E-state index >= 15 is 0 Å². The Morgan fingerprint density at radius 3 is 2.27 bits per heavy atom. The van der Waals surface area contributed by atoms with Crippen LogP contribution in [0.15, 0.2) is 12.3 Å². The van der Waals surface area contributed by atoms with E-state index in [1.807, 2.05) is 0 Å². The molecule has 1 N–H and O–H groups in total. The van der Waals surface area contributed by atoms with Gasteiger partial charge in [-0.15, -0.1) is 0 Å². The van der Waals surface area contributed by atoms with E-state index in [-0.39, 0.29) is 0 Å². The highest BCUT2D eigenvalue weighted by molar-refractivity contribution is 6.06. The van der Waals surface area contributed by atoms with Gasteiger partial charge < -0.3 is 19.3 Å². The van der Waals surface area contributed by atoms with E-state index in [0.717, 1.165) is 19.2 Å². The molecule has 168 valence electrons. The average molecular weight is 449 g/mol. The molecule has 1 amide bonds. The molecule has 2 rings (SSSR count). The molecule has 0 saturated carbocycles. The number of amides is 1. The fraction of sp³-hybridized carbons (Fsp3) is 0.600. The number of hydrogen-bond donors (Lipinski definition) is 1. The molecule has 15 heteroatoms. The quantitative estimate of drug-likeness (QED) is 0.371. The Kier molecular flexibility index (Phi) is 6.19. The molecule has 9 nitrogen and oxygen atoms in total. The van der Waals surface area contributed by atoms with Gasteiger partial charge in [-0.1, -0.05) is 0 Å². The third-order valence-electron chi connectivity index (χ3n) is 4.08. The van der Waals surface area contributed by atoms with E-state index in [9.17, 15) is 50.6 Å². The molecule has 0 aromatic carbocycles. The maximum atomic E-state index is 12.6. The zero-order valence-electron chi connectivity index (χ0n) is 14.8. The van der Waals surface area contributed by atoms with Gasteiger partial charge in [0.1, 0.15) is 18.3 Å². The summed E-state index contributed by atoms with van der Waals surface area (Å²) < 4.78 is 87.8. The van der Waals surface area contributed by atoms with Gasteiger partial charge in [-0.3, -0.25) is 14.5 Å². The normalized spacial score (nSPS) is 29.9. The van der Waals surface area contributed by atoms with Crippen molar-refractivity contribution in [2.45, 2.75) is 49.7 Å². The Balaban J connectivity index is 2.31. The van der Waals surface area contributed by atoms with Gasteiger partial charge in [-0.2, -0.15) is 26.3 Å². The highest BCUT2D eigenvalue weighted by Crippen LogP contribution is 2.38. The molecule has 2 aliphatic heterocycles. The maximum absolute atomic E-state index is 12.6. The lowest BCUT2D eigenvalue weighted by Crippen LogP contribution is -2.55. The molecule has 4 atom stereocenters. The summed E-state index contributed by atoms with van der Waals surface area (Å²) >= 11 is 0. The Hall–Kier alpha value is -2.68. The molecule has 0 aliphatic carbocycles. The molecule has 0 unspecified atom stereocenters. The molecular formula is C15H13F6NO8. The van der Waals surface area contributed by atoms with Crippen molar-refractivity contribution in [1.29, 1.82) is 0 Å². The molecular weight excluding hydrogens is 436 g/mol. The lowest BCUT2D eigenvalue weighted by Gasteiger charge is -2.35. The Bertz CT molecular complexity index is 774. The van der Waals surface area contributed by atoms with Gasteiger partial charge in [0, 0.05) is 6.20 Å². The standard InChI is InChI=1S/C15H13F6NO8/c1-13(27)9(30-12(26)15(19,20)21)7(5-28-11(25)14(16,17)18)29-10(13)22-3-2-6(23)4-8(22)24/h2-3,7,9-10,27H,4-5H2,1H3/t7-,9-,10-,13+/m1/s1. The lowest BCUT2D eigenvalue weighted by atomic mass is 9.95. The number of esters is 2. The summed E-state index contributed by atoms with van der Waals surface area (Å²) in [5.41, 5.74) is -2.60. The predicted octanol–water partition coefficient (Wildman–Crippen LogP) is 0.357. The van der Waals surface area contributed by atoms with Crippen LogP contribution in [0.5, 0.6) is 0 Å². The number of hydrogen-bond acceptors (Lipinski definition) is 8. The van der Waals surface area contributed by atoms with Gasteiger partial charge in [0.05, 0.1) is 6.42 Å². The third kappa shape index (κ3) is 4.89. The first-order valence-electron chi connectivity index (χ1n) is 7.97. The van der Waals surface area contributed by atoms with Crippen LogP contribution in [0.2, 0.25) is 0 Å². The minimum Gasteiger partial charge on any atom is -0.456 e. The zero-order chi connectivity index (χ0) is 23.1. The van der Waals surface area contributed by atoms with Gasteiger partial charge in [0.15, 0.2) is 18.1 Å². The number of carbonyl (C=O) groups excluding carboxylic acids is 4. The third-order valence-corrected chi connectivity index (χ3v) is 4.08. The second kappa shape index (κ2) is 7.86. The average Bonchev–Trinajstić information content (AvgIpc) is 2.82. The SMILES string of the molecule is C[C@]1(O)[C@H](OC(=O)C(F)(F)F)[C@@H](COC(=O)C(F)(F)F)O[C@H]1N1C=CC(=O)CC1=O. The van der Waals surface area contributed by atoms with Crippen LogP contribution in [0, 0.1) is 0 Å². The summed E-state index contributed by atoms with van der Waals surface area (Å²) in [6.07, 6.45) is -16.1. The van der Waals surface area contributed by atoms with Crippen molar-refractivity contribution in [2.24, 2.45) is 0 Å². The molecule has 0 bridgehead atoms. The summed E-state index contributed by atoms with van der Waals surface area (Å²) in [6, 6.07) is 0. The van der Waals surface area contributed by atoms with Crippen molar-refractivity contribution in [3.63, 3.8) is 0 Å². The minimum atomic E-state index is -5.53. The zero-order valence-corrected chi connectivity index (χ0v) is 14.8. The van der Waals surface area contributed by atoms with Crippen LogP contribution in [-0.2, 0) is 33.4 Å². The van der Waals surface area contributed by atoms with Crippen molar-refractivity contribution in [2.75, 3.05) is 6.61 Å². The molecule has 0 spiro atoms. The van der Waals surface area contributed by atoms with Gasteiger partial charge in [-0.25, -0.2) is 9.59 Å². The second-order valence-corrected chi connectivity index (χ2v) is 6.43. The van der Waals surface area contributed by atoms with E-state index in [4.69, 9.17) is 4.74 Å². The molecule has 1 fully saturated rings. The fourth-order valence-electron chi connectivity index (χ4n) is 2.74. The van der Waals surface area contributed by atoms with Crippen LogP contribution in [0.25, 0.3) is 0 Å². The minimum absolute atomic E-state index is 0.599. The molecule has 30 heavy (non-hydrogen) atoms. The number of halogens is 6. The summed E-state index contributed by atoms with van der Waals surface area (Å²) in [4.78, 5) is 45.9. The highest BCUT2D eigenvalue weighted by Gasteiger charge is 2.60. The van der Waals surface area contributed by atoms with E-state index in [1.54, 1.807) is 0 Å². The molecule has 2 heterocycles. The second-order valence-electron chi connectivity index (χ2n) is 6.43. The smallest absolute Gasteiger partial charge is 0.456 e. The van der Waals surface area contributed by atoms with Crippen LogP contribution >= 0.6 is 0 Å². The van der Waals surface area contributed by atoms with E-state index < -0.39 is 73.0 Å². The van der Waals surface area contributed by atoms with Gasteiger partial charge in [0.25, 0.3) is 0 Å². The van der Waals surface area contributed by atoms with Crippen LogP contribution in [0.3, 0.4) is 0 Å². The Morgan fingerprint density at radius 1 is 1.20 bits per heavy atom. The number of allylic oxidation sites excluding steroid dienone is 1. The molecule has 2 aliphatic rings. The van der Waals surface area contributed by atoms with Crippen LogP contribution in [0.1, 0.15) is 13.3 Å². The molecule has 0 radical (unpaired) electrons. The Morgan fingerprint density at radius 2 is 1.77 bits per heavy atom. The van der Waals surface area contributed by atoms with E-state index in [0.29, 0.717) is 4.90 Å². The monoisotopic (exact) mass is 449 g/mol. The van der Waals surface area contributed by atoms with Crippen molar-refractivity contribution in [3.05, 3.63) is 12.3 Å². The highest BCUT2D eigenvalue weighted by atomic mass is 19.4. The topological polar surface area (TPSA) is 119 Å². The number of rotatable bonds is 4. The first-order chi connectivity index (χ1) is 13.5. The van der Waals surface area contributed by atoms with Gasteiger partial charge >= 0.3 is 24.3 Å². The number of nitrogens with zero attached hydrogens (tertiary/aromatic N) is 1. The molecule has 0 aromatic heterocycles. The summed E-state index contributed by atoms with van der Waals surface area (Å²) in [5, 5.41) is 10.6. The van der Waals surface area contributed by atoms with Crippen molar-refractivity contribution in [3.8, 4) is 0 Å². The lowest BCUT2D eigenvalue weighted by molar-refractivity contribution is -0.217. The number of ether oxygens (including phenoxy) is 3. The van der Waals surface area contributed by atoms with Crippen molar-refractivity contribution >= 4 is 23.6 Å². The first-order valence-corrected chi connectivity index (χ1v) is 7.97. The number of alkyl halides is 6. The number of carbonyl (C=O) groups is 4. The largest absolute Gasteiger partial charge is 0.490 e. The molecule has 1 saturated heterocycles. The first kappa shape index (κ1) is 23.6. The maximum Gasteiger partial charge on any atom is 0.490 e. The van der Waals surface area contributed by atoms with Crippen LogP contribution in [-0.4, -0.2) is 76.6 Å². The molecule has 0 aromatic rings. The number of ketones is 1. The summed E-state index contributed by atoms with van der Waals surface area (Å²) in [5.74, 6) is -7.11. The number of aliphatic hydroxyl groups is 1. The van der Waals surface area contributed by atoms with Gasteiger partial charge in [-0.05, 0) is 13.0 Å². The van der Waals surface area contributed by atoms with Crippen molar-refractivity contribution < 1.29 is 64.8 Å². The van der Waals surface area contributed by atoms with Crippen LogP contribution < -0.4 is 0 Å². The summed E-state index contributed by atoms with van der Waals surface area (Å²) in [6.45, 7) is -0.583. The van der Waals surface area contributed by atoms with E-state index in [2.05, 4.69) is 9.47 Å².